The van der Waals surface area contributed by atoms with Crippen LogP contribution in [0.25, 0.3) is 0 Å². The van der Waals surface area contributed by atoms with Crippen LogP contribution in [0.15, 0.2) is 17.1 Å². The van der Waals surface area contributed by atoms with Crippen molar-refractivity contribution in [2.45, 2.75) is 31.0 Å². The Balaban J connectivity index is 2.18. The van der Waals surface area contributed by atoms with E-state index in [0.717, 1.165) is 10.6 Å². The van der Waals surface area contributed by atoms with Gasteiger partial charge in [-0.15, -0.1) is 0 Å². The van der Waals surface area contributed by atoms with E-state index in [0.29, 0.717) is 0 Å². The van der Waals surface area contributed by atoms with Crippen LogP contribution in [0, 0.1) is 4.77 Å². The number of hydrogen-bond acceptors (Lipinski definition) is 9. The molecule has 13 nitrogen and oxygen atoms in total. The van der Waals surface area contributed by atoms with Crippen molar-refractivity contribution in [3.63, 3.8) is 0 Å². The maximum Gasteiger partial charge on any atom is 0.481 e. The van der Waals surface area contributed by atoms with Crippen molar-refractivity contribution >= 4 is 27.9 Å². The molecule has 0 radical (unpaired) electrons. The van der Waals surface area contributed by atoms with Gasteiger partial charge in [-0.25, -0.2) is 9.13 Å². The van der Waals surface area contributed by atoms with E-state index in [1.165, 1.54) is 13.1 Å². The lowest BCUT2D eigenvalue weighted by molar-refractivity contribution is -0.0978. The fraction of sp³-hybridized carbons (Fsp3) is 0.600. The average Bonchev–Trinajstić information content (AvgIpc) is 2.66. The Morgan fingerprint density at radius 1 is 1.42 bits per heavy atom. The van der Waals surface area contributed by atoms with Crippen LogP contribution >= 0.6 is 27.9 Å². The van der Waals surface area contributed by atoms with Crippen molar-refractivity contribution < 1.29 is 47.6 Å². The second-order valence-electron chi connectivity index (χ2n) is 5.55. The topological polar surface area (TPSA) is 201 Å². The number of ether oxygens (including phenoxy) is 1. The van der Waals surface area contributed by atoms with E-state index >= 15 is 0 Å². The molecule has 0 spiro atoms. The van der Waals surface area contributed by atoms with Crippen LogP contribution in [0.4, 0.5) is 0 Å². The molecular weight excluding hydrogens is 418 g/mol. The highest BCUT2D eigenvalue weighted by Crippen LogP contribution is 2.57. The zero-order valence-corrected chi connectivity index (χ0v) is 15.6. The number of aliphatic hydroxyl groups excluding tert-OH is 1. The lowest BCUT2D eigenvalue weighted by Gasteiger charge is -2.27. The number of nitrogens with one attached hydrogen (secondary N) is 1. The number of nitrogens with zero attached hydrogens (tertiary/aromatic N) is 1. The molecule has 1 aromatic heterocycles. The van der Waals surface area contributed by atoms with E-state index < -0.39 is 51.8 Å². The van der Waals surface area contributed by atoms with Crippen LogP contribution in [0.1, 0.15) is 13.2 Å². The zero-order valence-electron chi connectivity index (χ0n) is 13.0. The van der Waals surface area contributed by atoms with Gasteiger partial charge in [-0.1, -0.05) is 0 Å². The molecule has 2 heterocycles. The highest BCUT2D eigenvalue weighted by Gasteiger charge is 2.53. The van der Waals surface area contributed by atoms with Gasteiger partial charge in [0.1, 0.15) is 17.8 Å². The first-order valence-electron chi connectivity index (χ1n) is 6.84. The number of aromatic amines is 1. The van der Waals surface area contributed by atoms with Crippen molar-refractivity contribution in [1.29, 1.82) is 0 Å². The van der Waals surface area contributed by atoms with Gasteiger partial charge < -0.3 is 29.6 Å². The minimum absolute atomic E-state index is 0.116. The Kier molecular flexibility index (Phi) is 6.08. The summed E-state index contributed by atoms with van der Waals surface area (Å²) in [5.74, 6) is 0. The van der Waals surface area contributed by atoms with Crippen LogP contribution in [0.3, 0.4) is 0 Å². The summed E-state index contributed by atoms with van der Waals surface area (Å²) in [7, 11) is -10.5. The third kappa shape index (κ3) is 4.94. The number of phosphoric acid groups is 2. The van der Waals surface area contributed by atoms with Crippen LogP contribution in [0.5, 0.6) is 0 Å². The third-order valence-corrected chi connectivity index (χ3v) is 5.93. The smallest absolute Gasteiger partial charge is 0.387 e. The van der Waals surface area contributed by atoms with Gasteiger partial charge in [0.15, 0.2) is 11.0 Å². The molecule has 26 heavy (non-hydrogen) atoms. The molecule has 0 aromatic carbocycles. The van der Waals surface area contributed by atoms with Gasteiger partial charge in [0.2, 0.25) is 0 Å². The zero-order chi connectivity index (χ0) is 19.9. The fourth-order valence-corrected chi connectivity index (χ4v) is 4.17. The molecule has 1 fully saturated rings. The molecule has 5 atom stereocenters. The molecule has 1 aliphatic heterocycles. The standard InChI is InChI=1S/C10H16N2O11P2S/c1-10(15)7(14)5(4-21-25(19,20)23-24(16,17)18)22-8(10)12-3-2-6(13)11-9(12)26/h2-3,5,7-8,14-15H,4H2,1H3,(H,19,20)(H,11,13,26)(H2,16,17,18)/t5-,7?,8-,10-/m1/s1. The van der Waals surface area contributed by atoms with Gasteiger partial charge in [0.05, 0.1) is 6.61 Å². The summed E-state index contributed by atoms with van der Waals surface area (Å²) < 4.78 is 36.5. The van der Waals surface area contributed by atoms with E-state index in [4.69, 9.17) is 26.7 Å². The summed E-state index contributed by atoms with van der Waals surface area (Å²) in [6.45, 7) is 0.345. The minimum atomic E-state index is -5.30. The molecule has 2 rings (SSSR count). The SMILES string of the molecule is C[C@@]1(O)C(O)[C@@H](COP(=O)(O)OP(=O)(O)O)O[C@H]1n1ccc(=O)[nH]c1=S. The van der Waals surface area contributed by atoms with Gasteiger partial charge in [-0.3, -0.25) is 18.9 Å². The first kappa shape index (κ1) is 21.5. The number of hydrogen-bond donors (Lipinski definition) is 6. The molecule has 0 amide bonds. The molecule has 1 aromatic rings. The lowest BCUT2D eigenvalue weighted by atomic mass is 9.96. The quantitative estimate of drug-likeness (QED) is 0.239. The Hall–Kier alpha value is -0.760. The maximum atomic E-state index is 11.5. The molecule has 0 bridgehead atoms. The highest BCUT2D eigenvalue weighted by molar-refractivity contribution is 7.71. The first-order chi connectivity index (χ1) is 11.7. The largest absolute Gasteiger partial charge is 0.481 e. The van der Waals surface area contributed by atoms with Crippen LogP contribution in [0.2, 0.25) is 0 Å². The summed E-state index contributed by atoms with van der Waals surface area (Å²) in [6.07, 6.45) is -3.11. The highest BCUT2D eigenvalue weighted by atomic mass is 32.1. The third-order valence-electron chi connectivity index (χ3n) is 3.47. The molecule has 6 N–H and O–H groups in total. The second kappa shape index (κ2) is 7.34. The van der Waals surface area contributed by atoms with Crippen LogP contribution < -0.4 is 5.56 Å². The summed E-state index contributed by atoms with van der Waals surface area (Å²) in [5, 5.41) is 20.7. The van der Waals surface area contributed by atoms with E-state index in [1.54, 1.807) is 0 Å². The predicted molar refractivity (Wildman–Crippen MR) is 85.3 cm³/mol. The van der Waals surface area contributed by atoms with Crippen LogP contribution in [-0.2, 0) is 22.7 Å². The van der Waals surface area contributed by atoms with E-state index in [2.05, 4.69) is 13.8 Å². The Morgan fingerprint density at radius 3 is 2.58 bits per heavy atom. The number of aliphatic hydroxyl groups is 2. The molecule has 1 aliphatic rings. The van der Waals surface area contributed by atoms with Gasteiger partial charge in [0, 0.05) is 12.3 Å². The first-order valence-corrected chi connectivity index (χ1v) is 10.3. The van der Waals surface area contributed by atoms with Gasteiger partial charge in [-0.05, 0) is 19.1 Å². The van der Waals surface area contributed by atoms with Crippen molar-refractivity contribution in [1.82, 2.24) is 9.55 Å². The molecule has 1 saturated heterocycles. The van der Waals surface area contributed by atoms with Crippen molar-refractivity contribution in [2.75, 3.05) is 6.61 Å². The van der Waals surface area contributed by atoms with E-state index in [-0.39, 0.29) is 4.77 Å². The van der Waals surface area contributed by atoms with Crippen LogP contribution in [-0.4, -0.2) is 58.9 Å². The normalized spacial score (nSPS) is 31.7. The summed E-state index contributed by atoms with van der Waals surface area (Å²) in [5.41, 5.74) is -2.45. The van der Waals surface area contributed by atoms with Crippen molar-refractivity contribution in [2.24, 2.45) is 0 Å². The Bertz CT molecular complexity index is 876. The Labute approximate surface area is 150 Å². The van der Waals surface area contributed by atoms with Crippen molar-refractivity contribution in [3.8, 4) is 0 Å². The summed E-state index contributed by atoms with van der Waals surface area (Å²) >= 11 is 4.95. The van der Waals surface area contributed by atoms with Crippen molar-refractivity contribution in [3.05, 3.63) is 27.4 Å². The number of phosphoric ester groups is 1. The Morgan fingerprint density at radius 2 is 2.04 bits per heavy atom. The van der Waals surface area contributed by atoms with Gasteiger partial charge >= 0.3 is 15.6 Å². The summed E-state index contributed by atoms with van der Waals surface area (Å²) in [4.78, 5) is 39.8. The van der Waals surface area contributed by atoms with Gasteiger partial charge in [-0.2, -0.15) is 4.31 Å². The molecule has 0 saturated carbocycles. The lowest BCUT2D eigenvalue weighted by Crippen LogP contribution is -2.44. The molecule has 2 unspecified atom stereocenters. The molecule has 148 valence electrons. The number of H-pyrrole nitrogens is 1. The minimum Gasteiger partial charge on any atom is -0.387 e. The summed E-state index contributed by atoms with van der Waals surface area (Å²) in [6, 6.07) is 1.10. The monoisotopic (exact) mass is 434 g/mol. The number of aromatic nitrogens is 2. The predicted octanol–water partition coefficient (Wildman–Crippen LogP) is -0.859. The molecule has 0 aliphatic carbocycles. The maximum absolute atomic E-state index is 11.5. The average molecular weight is 434 g/mol. The molecule has 16 heteroatoms. The number of rotatable bonds is 6. The van der Waals surface area contributed by atoms with E-state index in [9.17, 15) is 29.0 Å². The fourth-order valence-electron chi connectivity index (χ4n) is 2.32. The second-order valence-corrected chi connectivity index (χ2v) is 8.77. The van der Waals surface area contributed by atoms with E-state index in [1.807, 2.05) is 0 Å². The molecular formula is C10H16N2O11P2S. The van der Waals surface area contributed by atoms with Gasteiger partial charge in [0.25, 0.3) is 5.56 Å².